The summed E-state index contributed by atoms with van der Waals surface area (Å²) >= 11 is 0. The predicted octanol–water partition coefficient (Wildman–Crippen LogP) is 6.37. The quantitative estimate of drug-likeness (QED) is 0.341. The normalized spacial score (nSPS) is 15.5. The van der Waals surface area contributed by atoms with E-state index >= 15 is 0 Å². The lowest BCUT2D eigenvalue weighted by Gasteiger charge is -2.13. The smallest absolute Gasteiger partial charge is 0.238 e. The molecular weight excluding hydrogens is 398 g/mol. The highest BCUT2D eigenvalue weighted by Crippen LogP contribution is 2.49. The van der Waals surface area contributed by atoms with Crippen LogP contribution in [0.4, 0.5) is 5.69 Å². The van der Waals surface area contributed by atoms with Crippen LogP contribution in [0.5, 0.6) is 5.75 Å². The number of para-hydroxylation sites is 1. The Labute approximate surface area is 185 Å². The van der Waals surface area contributed by atoms with Crippen molar-refractivity contribution in [1.29, 1.82) is 0 Å². The van der Waals surface area contributed by atoms with Gasteiger partial charge < -0.3 is 14.1 Å². The van der Waals surface area contributed by atoms with Crippen LogP contribution in [0.1, 0.15) is 17.0 Å². The van der Waals surface area contributed by atoms with Gasteiger partial charge >= 0.3 is 0 Å². The minimum absolute atomic E-state index is 0.0472. The van der Waals surface area contributed by atoms with Crippen molar-refractivity contribution in [3.05, 3.63) is 96.1 Å². The lowest BCUT2D eigenvalue weighted by molar-refractivity contribution is -0.118. The molecule has 1 atom stereocenters. The Balaban J connectivity index is 1.76. The Kier molecular flexibility index (Phi) is 4.08. The number of fused-ring (bicyclic) bond motifs is 4. The first kappa shape index (κ1) is 18.7. The number of nitrogens with zero attached hydrogens (tertiary/aromatic N) is 1. The van der Waals surface area contributed by atoms with E-state index in [-0.39, 0.29) is 5.91 Å². The number of hydrogen-bond donors (Lipinski definition) is 0. The van der Waals surface area contributed by atoms with E-state index in [2.05, 4.69) is 6.07 Å². The average molecular weight is 419 g/mol. The van der Waals surface area contributed by atoms with Gasteiger partial charge in [0.1, 0.15) is 17.1 Å². The number of hydrogen-bond acceptors (Lipinski definition) is 3. The van der Waals surface area contributed by atoms with Crippen LogP contribution >= 0.6 is 0 Å². The molecule has 156 valence electrons. The highest BCUT2D eigenvalue weighted by Gasteiger charge is 2.40. The van der Waals surface area contributed by atoms with Gasteiger partial charge in [0.15, 0.2) is 0 Å². The molecule has 0 radical (unpaired) electrons. The predicted molar refractivity (Wildman–Crippen MR) is 127 cm³/mol. The first-order chi connectivity index (χ1) is 15.7. The van der Waals surface area contributed by atoms with Crippen molar-refractivity contribution in [1.82, 2.24) is 0 Å². The fourth-order valence-electron chi connectivity index (χ4n) is 4.89. The molecule has 0 N–H and O–H groups in total. The molecule has 1 aromatic heterocycles. The summed E-state index contributed by atoms with van der Waals surface area (Å²) in [6, 6.07) is 28.1. The minimum atomic E-state index is -0.440. The van der Waals surface area contributed by atoms with Gasteiger partial charge in [-0.1, -0.05) is 60.7 Å². The number of amides is 1. The van der Waals surface area contributed by atoms with Crippen LogP contribution in [0.15, 0.2) is 89.3 Å². The molecule has 5 aromatic rings. The second-order valence-electron chi connectivity index (χ2n) is 8.13. The van der Waals surface area contributed by atoms with Crippen molar-refractivity contribution < 1.29 is 13.9 Å². The first-order valence-corrected chi connectivity index (χ1v) is 10.6. The molecule has 4 heteroatoms. The third kappa shape index (κ3) is 2.59. The van der Waals surface area contributed by atoms with E-state index in [1.165, 1.54) is 0 Å². The summed E-state index contributed by atoms with van der Waals surface area (Å²) < 4.78 is 12.0. The Hall–Kier alpha value is -4.05. The number of carbonyl (C=O) groups is 1. The molecule has 32 heavy (non-hydrogen) atoms. The summed E-state index contributed by atoms with van der Waals surface area (Å²) in [5.41, 5.74) is 4.56. The maximum absolute atomic E-state index is 13.6. The van der Waals surface area contributed by atoms with Crippen LogP contribution in [-0.2, 0) is 4.79 Å². The van der Waals surface area contributed by atoms with Crippen molar-refractivity contribution in [3.63, 3.8) is 0 Å². The lowest BCUT2D eigenvalue weighted by atomic mass is 9.87. The fraction of sp³-hybridized carbons (Fsp3) is 0.107. The molecule has 6 rings (SSSR count). The number of benzene rings is 4. The summed E-state index contributed by atoms with van der Waals surface area (Å²) in [6.07, 6.45) is 0. The maximum Gasteiger partial charge on any atom is 0.238 e. The molecule has 1 aliphatic rings. The number of anilines is 1. The van der Waals surface area contributed by atoms with Gasteiger partial charge in [0.05, 0.1) is 13.0 Å². The molecule has 2 heterocycles. The fourth-order valence-corrected chi connectivity index (χ4v) is 4.89. The number of ether oxygens (including phenoxy) is 1. The molecule has 4 nitrogen and oxygen atoms in total. The Morgan fingerprint density at radius 1 is 0.906 bits per heavy atom. The van der Waals surface area contributed by atoms with E-state index < -0.39 is 5.92 Å². The van der Waals surface area contributed by atoms with Crippen LogP contribution < -0.4 is 9.64 Å². The summed E-state index contributed by atoms with van der Waals surface area (Å²) in [5, 5.41) is 3.05. The molecule has 0 aliphatic carbocycles. The van der Waals surface area contributed by atoms with Crippen molar-refractivity contribution in [2.75, 3.05) is 19.1 Å². The van der Waals surface area contributed by atoms with Gasteiger partial charge in [0, 0.05) is 29.2 Å². The number of likely N-dealkylation sites (N-methyl/N-ethyl adjacent to an activating group) is 1. The highest BCUT2D eigenvalue weighted by atomic mass is 16.5. The number of furan rings is 1. The third-order valence-corrected chi connectivity index (χ3v) is 6.43. The molecule has 0 fully saturated rings. The molecule has 0 spiro atoms. The van der Waals surface area contributed by atoms with E-state index in [0.717, 1.165) is 55.6 Å². The summed E-state index contributed by atoms with van der Waals surface area (Å²) in [5.74, 6) is 1.11. The van der Waals surface area contributed by atoms with E-state index in [9.17, 15) is 4.79 Å². The van der Waals surface area contributed by atoms with Crippen molar-refractivity contribution in [2.24, 2.45) is 0 Å². The van der Waals surface area contributed by atoms with Crippen LogP contribution in [0.25, 0.3) is 33.1 Å². The first-order valence-electron chi connectivity index (χ1n) is 10.6. The zero-order valence-corrected chi connectivity index (χ0v) is 17.8. The monoisotopic (exact) mass is 419 g/mol. The van der Waals surface area contributed by atoms with E-state index in [1.54, 1.807) is 12.0 Å². The van der Waals surface area contributed by atoms with Crippen LogP contribution in [0.3, 0.4) is 0 Å². The van der Waals surface area contributed by atoms with Gasteiger partial charge in [-0.25, -0.2) is 0 Å². The number of rotatable bonds is 3. The second-order valence-corrected chi connectivity index (χ2v) is 8.13. The molecule has 0 saturated heterocycles. The van der Waals surface area contributed by atoms with Crippen LogP contribution in [-0.4, -0.2) is 20.1 Å². The molecule has 1 amide bonds. The van der Waals surface area contributed by atoms with Crippen molar-refractivity contribution in [2.45, 2.75) is 5.92 Å². The SMILES string of the molecule is COc1ccc2ccc3oc(-c4ccccc4)c(C4C(=O)N(C)c5ccccc54)c3c2c1. The maximum atomic E-state index is 13.6. The van der Waals surface area contributed by atoms with E-state index in [1.807, 2.05) is 85.9 Å². The Morgan fingerprint density at radius 3 is 2.47 bits per heavy atom. The summed E-state index contributed by atoms with van der Waals surface area (Å²) in [4.78, 5) is 15.4. The van der Waals surface area contributed by atoms with E-state index in [0.29, 0.717) is 0 Å². The second kappa shape index (κ2) is 6.99. The van der Waals surface area contributed by atoms with E-state index in [4.69, 9.17) is 9.15 Å². The number of methoxy groups -OCH3 is 1. The zero-order valence-electron chi connectivity index (χ0n) is 17.8. The van der Waals surface area contributed by atoms with Crippen molar-refractivity contribution in [3.8, 4) is 17.1 Å². The van der Waals surface area contributed by atoms with Gasteiger partial charge in [-0.15, -0.1) is 0 Å². The standard InChI is InChI=1S/C28H21NO3/c1-29-22-11-7-6-10-20(22)25(28(29)30)26-24-21-16-19(31-2)14-12-17(21)13-15-23(24)32-27(26)18-8-4-3-5-9-18/h3-16,25H,1-2H3. The largest absolute Gasteiger partial charge is 0.497 e. The van der Waals surface area contributed by atoms with Gasteiger partial charge in [0.25, 0.3) is 0 Å². The minimum Gasteiger partial charge on any atom is -0.497 e. The van der Waals surface area contributed by atoms with Crippen LogP contribution in [0.2, 0.25) is 0 Å². The molecule has 1 aliphatic heterocycles. The van der Waals surface area contributed by atoms with Gasteiger partial charge in [-0.3, -0.25) is 4.79 Å². The Morgan fingerprint density at radius 2 is 1.66 bits per heavy atom. The zero-order chi connectivity index (χ0) is 21.8. The highest BCUT2D eigenvalue weighted by molar-refractivity contribution is 6.15. The van der Waals surface area contributed by atoms with Crippen LogP contribution in [0, 0.1) is 0 Å². The summed E-state index contributed by atoms with van der Waals surface area (Å²) in [7, 11) is 3.51. The lowest BCUT2D eigenvalue weighted by Crippen LogP contribution is -2.24. The topological polar surface area (TPSA) is 42.7 Å². The van der Waals surface area contributed by atoms with Gasteiger partial charge in [0.2, 0.25) is 5.91 Å². The summed E-state index contributed by atoms with van der Waals surface area (Å²) in [6.45, 7) is 0. The Bertz CT molecular complexity index is 1500. The average Bonchev–Trinajstić information content (AvgIpc) is 3.34. The molecule has 0 saturated carbocycles. The van der Waals surface area contributed by atoms with Gasteiger partial charge in [-0.05, 0) is 40.6 Å². The third-order valence-electron chi connectivity index (χ3n) is 6.43. The number of carbonyl (C=O) groups excluding carboxylic acids is 1. The molecule has 1 unspecified atom stereocenters. The van der Waals surface area contributed by atoms with Gasteiger partial charge in [-0.2, -0.15) is 0 Å². The molecule has 0 bridgehead atoms. The molecule has 4 aromatic carbocycles. The molecular formula is C28H21NO3. The van der Waals surface area contributed by atoms with Crippen molar-refractivity contribution >= 4 is 33.3 Å².